The Morgan fingerprint density at radius 3 is 1.13 bits per heavy atom. The van der Waals surface area contributed by atoms with Gasteiger partial charge in [0.05, 0.1) is 61.7 Å². The predicted molar refractivity (Wildman–Crippen MR) is 186 cm³/mol. The van der Waals surface area contributed by atoms with Crippen LogP contribution in [0.15, 0.2) is 0 Å². The molecule has 47 heavy (non-hydrogen) atoms. The highest BCUT2D eigenvalue weighted by Gasteiger charge is 2.53. The lowest BCUT2D eigenvalue weighted by molar-refractivity contribution is -0.162. The molecule has 0 amide bonds. The number of hydrogen-bond acceptors (Lipinski definition) is 7. The van der Waals surface area contributed by atoms with E-state index in [9.17, 15) is 9.59 Å². The van der Waals surface area contributed by atoms with Gasteiger partial charge in [0.25, 0.3) is 0 Å². The maximum Gasteiger partial charge on any atom is 0.309 e. The van der Waals surface area contributed by atoms with Crippen molar-refractivity contribution >= 4 is 11.9 Å². The number of carbonyl (C=O) groups is 2. The molecule has 4 aliphatic rings. The van der Waals surface area contributed by atoms with Gasteiger partial charge in [-0.3, -0.25) is 9.59 Å². The molecule has 0 aromatic carbocycles. The molecule has 272 valence electrons. The minimum Gasteiger partial charge on any atom is -0.465 e. The minimum absolute atomic E-state index is 0.104. The highest BCUT2D eigenvalue weighted by Crippen LogP contribution is 2.44. The highest BCUT2D eigenvalue weighted by atomic mass is 16.6. The zero-order chi connectivity index (χ0) is 33.1. The molecule has 0 aromatic rings. The van der Waals surface area contributed by atoms with Gasteiger partial charge < -0.3 is 23.7 Å². The smallest absolute Gasteiger partial charge is 0.309 e. The van der Waals surface area contributed by atoms with Gasteiger partial charge >= 0.3 is 11.9 Å². The monoisotopic (exact) mass is 663 g/mol. The summed E-state index contributed by atoms with van der Waals surface area (Å²) in [5, 5.41) is 0. The zero-order valence-corrected chi connectivity index (χ0v) is 30.3. The lowest BCUT2D eigenvalue weighted by atomic mass is 9.79. The second-order valence-electron chi connectivity index (χ2n) is 15.2. The number of unbranched alkanes of at least 4 members (excludes halogenated alkanes) is 16. The van der Waals surface area contributed by atoms with Crippen molar-refractivity contribution in [3.63, 3.8) is 0 Å². The van der Waals surface area contributed by atoms with E-state index in [0.29, 0.717) is 50.5 Å². The van der Waals surface area contributed by atoms with Gasteiger partial charge in [-0.2, -0.15) is 0 Å². The Morgan fingerprint density at radius 1 is 0.447 bits per heavy atom. The lowest BCUT2D eigenvalue weighted by Gasteiger charge is -2.26. The third-order valence-corrected chi connectivity index (χ3v) is 11.1. The Hall–Kier alpha value is -1.18. The summed E-state index contributed by atoms with van der Waals surface area (Å²) in [6.07, 6.45) is 32.7. The number of hydrogen-bond donors (Lipinski definition) is 0. The molecule has 3 aliphatic heterocycles. The van der Waals surface area contributed by atoms with Gasteiger partial charge in [0.15, 0.2) is 0 Å². The highest BCUT2D eigenvalue weighted by molar-refractivity contribution is 5.82. The largest absolute Gasteiger partial charge is 0.465 e. The Bertz CT molecular complexity index is 796. The third kappa shape index (κ3) is 15.5. The van der Waals surface area contributed by atoms with Crippen LogP contribution in [-0.4, -0.2) is 61.8 Å². The molecule has 1 aliphatic carbocycles. The topological polar surface area (TPSA) is 90.2 Å². The fourth-order valence-electron chi connectivity index (χ4n) is 7.73. The van der Waals surface area contributed by atoms with Crippen LogP contribution >= 0.6 is 0 Å². The van der Waals surface area contributed by atoms with Gasteiger partial charge in [0, 0.05) is 0 Å². The normalized spacial score (nSPS) is 28.9. The van der Waals surface area contributed by atoms with E-state index >= 15 is 0 Å². The van der Waals surface area contributed by atoms with Crippen molar-refractivity contribution in [1.82, 2.24) is 0 Å². The Kier molecular flexibility index (Phi) is 18.5. The fraction of sp³-hybridized carbons (Fsp3) is 0.950. The fourth-order valence-corrected chi connectivity index (χ4v) is 7.73. The number of ether oxygens (including phenoxy) is 5. The molecule has 8 atom stereocenters. The second-order valence-corrected chi connectivity index (χ2v) is 15.2. The quantitative estimate of drug-likeness (QED) is 0.0430. The van der Waals surface area contributed by atoms with E-state index in [1.165, 1.54) is 103 Å². The molecule has 3 saturated heterocycles. The molecule has 0 N–H and O–H groups in total. The molecule has 4 fully saturated rings. The van der Waals surface area contributed by atoms with Crippen LogP contribution in [0.2, 0.25) is 0 Å². The maximum absolute atomic E-state index is 13.0. The Morgan fingerprint density at radius 2 is 0.766 bits per heavy atom. The van der Waals surface area contributed by atoms with Crippen LogP contribution in [0.3, 0.4) is 0 Å². The second kappa shape index (κ2) is 22.5. The molecule has 0 bridgehead atoms. The van der Waals surface area contributed by atoms with Gasteiger partial charge in [-0.1, -0.05) is 129 Å². The first kappa shape index (κ1) is 38.6. The summed E-state index contributed by atoms with van der Waals surface area (Å²) in [5.74, 6) is -1.38. The van der Waals surface area contributed by atoms with Crippen LogP contribution in [-0.2, 0) is 33.3 Å². The van der Waals surface area contributed by atoms with Gasteiger partial charge in [0.1, 0.15) is 0 Å². The van der Waals surface area contributed by atoms with Gasteiger partial charge in [-0.25, -0.2) is 0 Å². The molecule has 7 heteroatoms. The number of epoxide rings is 3. The van der Waals surface area contributed by atoms with E-state index in [1.54, 1.807) is 0 Å². The summed E-state index contributed by atoms with van der Waals surface area (Å²) < 4.78 is 28.8. The Balaban J connectivity index is 0.956. The first-order chi connectivity index (χ1) is 23.1. The average molecular weight is 663 g/mol. The molecule has 7 nitrogen and oxygen atoms in total. The van der Waals surface area contributed by atoms with Gasteiger partial charge in [-0.15, -0.1) is 0 Å². The standard InChI is InChI=1S/C40H70O7/c1-3-5-7-9-11-17-23-33-35(45-33)25-19-13-15-21-27-43-39(41)31-29-37-38(47-37)30-32(31)40(42)44-28-22-16-14-20-26-36-34(46-36)24-18-12-10-8-6-4-2/h31-38H,3-30H2,1-2H3. The van der Waals surface area contributed by atoms with E-state index in [0.717, 1.165) is 51.4 Å². The van der Waals surface area contributed by atoms with Crippen LogP contribution in [0, 0.1) is 11.8 Å². The summed E-state index contributed by atoms with van der Waals surface area (Å²) >= 11 is 0. The van der Waals surface area contributed by atoms with Crippen molar-refractivity contribution in [2.45, 2.75) is 217 Å². The molecule has 0 radical (unpaired) electrons. The van der Waals surface area contributed by atoms with Gasteiger partial charge in [-0.05, 0) is 51.4 Å². The van der Waals surface area contributed by atoms with Crippen LogP contribution in [0.4, 0.5) is 0 Å². The predicted octanol–water partition coefficient (Wildman–Crippen LogP) is 9.80. The van der Waals surface area contributed by atoms with Crippen LogP contribution in [0.25, 0.3) is 0 Å². The van der Waals surface area contributed by atoms with Crippen LogP contribution in [0.5, 0.6) is 0 Å². The summed E-state index contributed by atoms with van der Waals surface area (Å²) in [4.78, 5) is 26.0. The molecule has 1 saturated carbocycles. The van der Waals surface area contributed by atoms with E-state index in [4.69, 9.17) is 23.7 Å². The number of rotatable bonds is 30. The van der Waals surface area contributed by atoms with E-state index in [-0.39, 0.29) is 24.1 Å². The van der Waals surface area contributed by atoms with Crippen molar-refractivity contribution < 1.29 is 33.3 Å². The number of fused-ring (bicyclic) bond motifs is 1. The lowest BCUT2D eigenvalue weighted by Crippen LogP contribution is -2.37. The summed E-state index contributed by atoms with van der Waals surface area (Å²) in [6, 6.07) is 0. The molecular weight excluding hydrogens is 592 g/mol. The number of esters is 2. The first-order valence-corrected chi connectivity index (χ1v) is 20.4. The summed E-state index contributed by atoms with van der Waals surface area (Å²) in [6.45, 7) is 5.38. The van der Waals surface area contributed by atoms with Crippen molar-refractivity contribution in [3.8, 4) is 0 Å². The molecule has 8 unspecified atom stereocenters. The molecule has 4 rings (SSSR count). The number of carbonyl (C=O) groups excluding carboxylic acids is 2. The maximum atomic E-state index is 13.0. The van der Waals surface area contributed by atoms with Crippen LogP contribution < -0.4 is 0 Å². The van der Waals surface area contributed by atoms with Gasteiger partial charge in [0.2, 0.25) is 0 Å². The van der Waals surface area contributed by atoms with E-state index in [1.807, 2.05) is 0 Å². The average Bonchev–Trinajstić information content (AvgIpc) is 3.99. The minimum atomic E-state index is -0.440. The van der Waals surface area contributed by atoms with Crippen molar-refractivity contribution in [3.05, 3.63) is 0 Å². The SMILES string of the molecule is CCCCCCCCC1OC1CCCCCCOC(=O)C1CC2OC2CC1C(=O)OCCCCCCC1OC1CCCCCCCC. The molecule has 0 aromatic heterocycles. The molecule has 3 heterocycles. The van der Waals surface area contributed by atoms with Crippen LogP contribution in [0.1, 0.15) is 181 Å². The van der Waals surface area contributed by atoms with Crippen molar-refractivity contribution in [2.75, 3.05) is 13.2 Å². The molecular formula is C40H70O7. The van der Waals surface area contributed by atoms with Crippen molar-refractivity contribution in [1.29, 1.82) is 0 Å². The Labute approximate surface area is 287 Å². The zero-order valence-electron chi connectivity index (χ0n) is 30.3. The van der Waals surface area contributed by atoms with Crippen molar-refractivity contribution in [2.24, 2.45) is 11.8 Å². The summed E-state index contributed by atoms with van der Waals surface area (Å²) in [5.41, 5.74) is 0. The summed E-state index contributed by atoms with van der Waals surface area (Å²) in [7, 11) is 0. The van der Waals surface area contributed by atoms with E-state index in [2.05, 4.69) is 13.8 Å². The van der Waals surface area contributed by atoms with E-state index < -0.39 is 11.8 Å². The third-order valence-electron chi connectivity index (χ3n) is 11.1. The first-order valence-electron chi connectivity index (χ1n) is 20.4. The molecule has 0 spiro atoms.